The van der Waals surface area contributed by atoms with Gasteiger partial charge in [-0.05, 0) is 59.7 Å². The lowest BCUT2D eigenvalue weighted by Gasteiger charge is -2.28. The molecule has 0 saturated carbocycles. The molecule has 2 unspecified atom stereocenters. The molecule has 0 spiro atoms. The molecule has 10 rings (SSSR count). The highest BCUT2D eigenvalue weighted by molar-refractivity contribution is 6.28. The summed E-state index contributed by atoms with van der Waals surface area (Å²) in [6.45, 7) is 0.593. The van der Waals surface area contributed by atoms with Crippen molar-refractivity contribution >= 4 is 65.6 Å². The number of aromatic nitrogens is 2. The third kappa shape index (κ3) is 4.84. The number of para-hydroxylation sites is 4. The van der Waals surface area contributed by atoms with E-state index < -0.39 is 6.17 Å². The average Bonchev–Trinajstić information content (AvgIpc) is 3.84. The molecule has 4 N–H and O–H groups in total. The van der Waals surface area contributed by atoms with E-state index >= 15 is 0 Å². The zero-order valence-electron chi connectivity index (χ0n) is 27.8. The Labute approximate surface area is 294 Å². The van der Waals surface area contributed by atoms with E-state index in [2.05, 4.69) is 153 Å². The van der Waals surface area contributed by atoms with Crippen LogP contribution in [0.5, 0.6) is 0 Å². The van der Waals surface area contributed by atoms with Gasteiger partial charge in [0, 0.05) is 44.5 Å². The zero-order valence-corrected chi connectivity index (χ0v) is 27.8. The number of nitrogens with two attached hydrogens (primary N) is 1. The van der Waals surface area contributed by atoms with Gasteiger partial charge in [0.2, 0.25) is 0 Å². The Balaban J connectivity index is 1.16. The summed E-state index contributed by atoms with van der Waals surface area (Å²) in [4.78, 5) is 0. The first kappa shape index (κ1) is 29.7. The summed E-state index contributed by atoms with van der Waals surface area (Å²) in [6.07, 6.45) is -0.768. The van der Waals surface area contributed by atoms with Crippen LogP contribution < -0.4 is 16.4 Å². The Hall–Kier alpha value is -6.18. The predicted molar refractivity (Wildman–Crippen MR) is 210 cm³/mol. The van der Waals surface area contributed by atoms with E-state index in [0.29, 0.717) is 6.54 Å². The molecule has 0 saturated heterocycles. The molecular weight excluding hydrogens is 627 g/mol. The van der Waals surface area contributed by atoms with Gasteiger partial charge in [0.25, 0.3) is 0 Å². The van der Waals surface area contributed by atoms with Crippen molar-refractivity contribution < 1.29 is 4.42 Å². The number of fused-ring (bicyclic) bond motifs is 10. The standard InChI is InChI=1S/C45H35N5O/c46-44(30-13-3-1-4-14-30)48-45(47-28-29-23-24-33-32-17-9-12-22-40(32)51-41(33)27-29)50-37-21-11-8-19-35(37)43-39(50)26-25-38-42(43)34-18-7-10-20-36(34)49(38)31-15-5-2-6-16-31/h1-27,44-45,47-48H,28,46H2. The summed E-state index contributed by atoms with van der Waals surface area (Å²) < 4.78 is 11.0. The fourth-order valence-corrected chi connectivity index (χ4v) is 7.93. The van der Waals surface area contributed by atoms with Crippen molar-refractivity contribution in [2.75, 3.05) is 0 Å². The SMILES string of the molecule is NC(NC(NCc1ccc2c(c1)oc1ccccc12)n1c2ccccc2c2c3c4ccccc4n(-c4ccccc4)c3ccc21)c1ccccc1. The Kier molecular flexibility index (Phi) is 6.99. The minimum absolute atomic E-state index is 0.353. The Morgan fingerprint density at radius 3 is 1.94 bits per heavy atom. The van der Waals surface area contributed by atoms with Crippen LogP contribution in [0.25, 0.3) is 71.2 Å². The lowest BCUT2D eigenvalue weighted by Crippen LogP contribution is -2.43. The van der Waals surface area contributed by atoms with Gasteiger partial charge in [-0.2, -0.15) is 0 Å². The van der Waals surface area contributed by atoms with Crippen molar-refractivity contribution in [2.24, 2.45) is 5.73 Å². The smallest absolute Gasteiger partial charge is 0.141 e. The molecule has 6 heteroatoms. The number of nitrogens with one attached hydrogen (secondary N) is 2. The maximum absolute atomic E-state index is 6.93. The van der Waals surface area contributed by atoms with Gasteiger partial charge in [-0.25, -0.2) is 0 Å². The Morgan fingerprint density at radius 1 is 0.529 bits per heavy atom. The minimum Gasteiger partial charge on any atom is -0.456 e. The van der Waals surface area contributed by atoms with Gasteiger partial charge in [0.05, 0.1) is 28.2 Å². The summed E-state index contributed by atoms with van der Waals surface area (Å²) in [5.41, 5.74) is 16.6. The average molecular weight is 662 g/mol. The molecule has 6 nitrogen and oxygen atoms in total. The van der Waals surface area contributed by atoms with E-state index in [9.17, 15) is 0 Å². The zero-order chi connectivity index (χ0) is 33.9. The van der Waals surface area contributed by atoms with E-state index in [1.54, 1.807) is 0 Å². The molecule has 7 aromatic carbocycles. The highest BCUT2D eigenvalue weighted by Crippen LogP contribution is 2.42. The third-order valence-electron chi connectivity index (χ3n) is 10.2. The van der Waals surface area contributed by atoms with Crippen molar-refractivity contribution in [3.8, 4) is 5.69 Å². The number of hydrogen-bond acceptors (Lipinski definition) is 4. The van der Waals surface area contributed by atoms with Gasteiger partial charge in [-0.1, -0.05) is 115 Å². The van der Waals surface area contributed by atoms with E-state index in [1.165, 1.54) is 32.6 Å². The van der Waals surface area contributed by atoms with E-state index in [4.69, 9.17) is 10.2 Å². The number of hydrogen-bond donors (Lipinski definition) is 3. The molecule has 3 aromatic heterocycles. The largest absolute Gasteiger partial charge is 0.456 e. The minimum atomic E-state index is -0.415. The first-order valence-corrected chi connectivity index (χ1v) is 17.4. The van der Waals surface area contributed by atoms with Crippen molar-refractivity contribution in [3.05, 3.63) is 175 Å². The van der Waals surface area contributed by atoms with Crippen LogP contribution in [-0.2, 0) is 6.54 Å². The van der Waals surface area contributed by atoms with Gasteiger partial charge in [-0.15, -0.1) is 0 Å². The molecule has 2 atom stereocenters. The molecule has 0 radical (unpaired) electrons. The van der Waals surface area contributed by atoms with Crippen LogP contribution in [0.15, 0.2) is 168 Å². The molecule has 0 fully saturated rings. The van der Waals surface area contributed by atoms with Crippen LogP contribution in [0.1, 0.15) is 23.6 Å². The number of benzene rings is 7. The maximum atomic E-state index is 6.93. The van der Waals surface area contributed by atoms with Crippen molar-refractivity contribution in [1.29, 1.82) is 0 Å². The molecule has 0 aliphatic carbocycles. The van der Waals surface area contributed by atoms with E-state index in [-0.39, 0.29) is 6.29 Å². The topological polar surface area (TPSA) is 73.1 Å². The maximum Gasteiger partial charge on any atom is 0.141 e. The van der Waals surface area contributed by atoms with Crippen LogP contribution in [0.2, 0.25) is 0 Å². The highest BCUT2D eigenvalue weighted by atomic mass is 16.3. The van der Waals surface area contributed by atoms with Crippen molar-refractivity contribution in [2.45, 2.75) is 19.0 Å². The van der Waals surface area contributed by atoms with Crippen LogP contribution in [0.3, 0.4) is 0 Å². The summed E-state index contributed by atoms with van der Waals surface area (Å²) in [5, 5.41) is 14.8. The summed E-state index contributed by atoms with van der Waals surface area (Å²) >= 11 is 0. The molecule has 0 aliphatic rings. The van der Waals surface area contributed by atoms with E-state index in [0.717, 1.165) is 49.8 Å². The molecule has 0 aliphatic heterocycles. The predicted octanol–water partition coefficient (Wildman–Crippen LogP) is 10.3. The fourth-order valence-electron chi connectivity index (χ4n) is 7.93. The third-order valence-corrected chi connectivity index (χ3v) is 10.2. The van der Waals surface area contributed by atoms with Crippen LogP contribution in [0, 0.1) is 0 Å². The second-order valence-electron chi connectivity index (χ2n) is 13.2. The molecular formula is C45H35N5O. The molecule has 0 amide bonds. The van der Waals surface area contributed by atoms with Gasteiger partial charge in [0.1, 0.15) is 17.5 Å². The van der Waals surface area contributed by atoms with E-state index in [1.807, 2.05) is 30.3 Å². The normalized spacial score (nSPS) is 13.3. The second kappa shape index (κ2) is 12.0. The molecule has 246 valence electrons. The van der Waals surface area contributed by atoms with Crippen molar-refractivity contribution in [3.63, 3.8) is 0 Å². The summed E-state index contributed by atoms with van der Waals surface area (Å²) in [7, 11) is 0. The number of rotatable bonds is 8. The quantitative estimate of drug-likeness (QED) is 0.142. The Bertz CT molecular complexity index is 2870. The van der Waals surface area contributed by atoms with Crippen molar-refractivity contribution in [1.82, 2.24) is 19.8 Å². The van der Waals surface area contributed by atoms with Crippen LogP contribution in [0.4, 0.5) is 0 Å². The lowest BCUT2D eigenvalue weighted by molar-refractivity contribution is 0.306. The van der Waals surface area contributed by atoms with Gasteiger partial charge in [0.15, 0.2) is 0 Å². The van der Waals surface area contributed by atoms with Gasteiger partial charge in [-0.3, -0.25) is 10.6 Å². The first-order valence-electron chi connectivity index (χ1n) is 17.4. The monoisotopic (exact) mass is 661 g/mol. The molecule has 51 heavy (non-hydrogen) atoms. The number of furan rings is 1. The van der Waals surface area contributed by atoms with Gasteiger partial charge < -0.3 is 19.3 Å². The first-order chi connectivity index (χ1) is 25.2. The molecule has 10 aromatic rings. The van der Waals surface area contributed by atoms with Gasteiger partial charge >= 0.3 is 0 Å². The molecule has 3 heterocycles. The Morgan fingerprint density at radius 2 is 1.14 bits per heavy atom. The van der Waals surface area contributed by atoms with Crippen LogP contribution in [-0.4, -0.2) is 9.13 Å². The summed E-state index contributed by atoms with van der Waals surface area (Å²) in [5.74, 6) is 0. The lowest BCUT2D eigenvalue weighted by atomic mass is 10.1. The number of nitrogens with zero attached hydrogens (tertiary/aromatic N) is 2. The fraction of sp³-hybridized carbons (Fsp3) is 0.0667. The summed E-state index contributed by atoms with van der Waals surface area (Å²) in [6, 6.07) is 57.5. The van der Waals surface area contributed by atoms with Crippen LogP contribution >= 0.6 is 0 Å². The second-order valence-corrected chi connectivity index (χ2v) is 13.2. The molecule has 0 bridgehead atoms. The highest BCUT2D eigenvalue weighted by Gasteiger charge is 2.24.